The predicted molar refractivity (Wildman–Crippen MR) is 116 cm³/mol. The third-order valence-electron chi connectivity index (χ3n) is 4.10. The zero-order valence-corrected chi connectivity index (χ0v) is 19.0. The molecule has 1 heterocycles. The number of guanidine groups is 1. The maximum Gasteiger partial charge on any atom is 0.411 e. The quantitative estimate of drug-likeness (QED) is 0.222. The maximum absolute atomic E-state index is 12.0. The maximum atomic E-state index is 12.0. The molecule has 0 saturated carbocycles. The molecule has 2 rings (SSSR count). The molecule has 166 valence electrons. The minimum Gasteiger partial charge on any atom is -0.488 e. The smallest absolute Gasteiger partial charge is 0.411 e. The molecule has 0 aromatic heterocycles. The van der Waals surface area contributed by atoms with Crippen LogP contribution < -0.4 is 15.4 Å². The van der Waals surface area contributed by atoms with E-state index in [1.165, 1.54) is 0 Å². The number of halogens is 4. The van der Waals surface area contributed by atoms with Gasteiger partial charge in [-0.15, -0.1) is 24.0 Å². The standard InChI is InChI=1S/C19H28F3N3O3.HI/c1-14-4-5-15(17(10-14)28-16-6-9-26-12-16)11-25-18(23-2)24-7-3-8-27-13-19(20,21)22;/h4-5,10,16H,3,6-9,11-13H2,1-2H3,(H2,23,24,25);1H. The van der Waals surface area contributed by atoms with Crippen molar-refractivity contribution >= 4 is 29.9 Å². The Morgan fingerprint density at radius 3 is 2.76 bits per heavy atom. The highest BCUT2D eigenvalue weighted by molar-refractivity contribution is 14.0. The Morgan fingerprint density at radius 2 is 2.10 bits per heavy atom. The molecular formula is C19H29F3IN3O3. The first-order valence-corrected chi connectivity index (χ1v) is 9.30. The molecule has 10 heteroatoms. The molecule has 1 saturated heterocycles. The topological polar surface area (TPSA) is 64.1 Å². The Hall–Kier alpha value is -1.27. The fraction of sp³-hybridized carbons (Fsp3) is 0.632. The highest BCUT2D eigenvalue weighted by Gasteiger charge is 2.27. The number of benzene rings is 1. The fourth-order valence-corrected chi connectivity index (χ4v) is 2.67. The van der Waals surface area contributed by atoms with E-state index in [-0.39, 0.29) is 36.7 Å². The summed E-state index contributed by atoms with van der Waals surface area (Å²) in [7, 11) is 1.64. The van der Waals surface area contributed by atoms with E-state index < -0.39 is 12.8 Å². The van der Waals surface area contributed by atoms with Gasteiger partial charge < -0.3 is 24.8 Å². The number of nitrogens with zero attached hydrogens (tertiary/aromatic N) is 1. The van der Waals surface area contributed by atoms with Crippen molar-refractivity contribution < 1.29 is 27.4 Å². The van der Waals surface area contributed by atoms with Crippen LogP contribution in [0.25, 0.3) is 0 Å². The summed E-state index contributed by atoms with van der Waals surface area (Å²) >= 11 is 0. The summed E-state index contributed by atoms with van der Waals surface area (Å²) in [6, 6.07) is 6.03. The lowest BCUT2D eigenvalue weighted by Gasteiger charge is -2.18. The molecule has 0 spiro atoms. The van der Waals surface area contributed by atoms with Gasteiger partial charge >= 0.3 is 6.18 Å². The highest BCUT2D eigenvalue weighted by Crippen LogP contribution is 2.23. The van der Waals surface area contributed by atoms with Crippen molar-refractivity contribution in [3.05, 3.63) is 29.3 Å². The van der Waals surface area contributed by atoms with Gasteiger partial charge in [0, 0.05) is 38.7 Å². The van der Waals surface area contributed by atoms with Crippen LogP contribution in [0.3, 0.4) is 0 Å². The van der Waals surface area contributed by atoms with Gasteiger partial charge in [0.05, 0.1) is 13.2 Å². The van der Waals surface area contributed by atoms with Crippen molar-refractivity contribution in [1.82, 2.24) is 10.6 Å². The van der Waals surface area contributed by atoms with E-state index in [1.54, 1.807) is 7.05 Å². The lowest BCUT2D eigenvalue weighted by Crippen LogP contribution is -2.37. The minimum atomic E-state index is -4.29. The first kappa shape index (κ1) is 25.8. The van der Waals surface area contributed by atoms with Crippen molar-refractivity contribution in [1.29, 1.82) is 0 Å². The fourth-order valence-electron chi connectivity index (χ4n) is 2.67. The minimum absolute atomic E-state index is 0. The molecule has 1 atom stereocenters. The lowest BCUT2D eigenvalue weighted by atomic mass is 10.1. The summed E-state index contributed by atoms with van der Waals surface area (Å²) < 4.78 is 52.0. The van der Waals surface area contributed by atoms with Gasteiger partial charge in [-0.05, 0) is 25.0 Å². The predicted octanol–water partition coefficient (Wildman–Crippen LogP) is 3.41. The molecule has 1 aliphatic rings. The average molecular weight is 531 g/mol. The molecule has 0 aliphatic carbocycles. The van der Waals surface area contributed by atoms with E-state index in [0.29, 0.717) is 38.7 Å². The Labute approximate surface area is 186 Å². The number of alkyl halides is 3. The van der Waals surface area contributed by atoms with Crippen LogP contribution >= 0.6 is 24.0 Å². The number of rotatable bonds is 9. The van der Waals surface area contributed by atoms with Crippen LogP contribution in [0.1, 0.15) is 24.0 Å². The molecule has 2 N–H and O–H groups in total. The molecule has 1 fully saturated rings. The van der Waals surface area contributed by atoms with Gasteiger partial charge in [0.1, 0.15) is 18.5 Å². The Balaban J connectivity index is 0.00000420. The molecule has 0 bridgehead atoms. The van der Waals surface area contributed by atoms with Crippen LogP contribution in [-0.4, -0.2) is 58.3 Å². The third-order valence-corrected chi connectivity index (χ3v) is 4.10. The van der Waals surface area contributed by atoms with Crippen LogP contribution in [0.4, 0.5) is 13.2 Å². The van der Waals surface area contributed by atoms with Gasteiger partial charge in [0.15, 0.2) is 5.96 Å². The summed E-state index contributed by atoms with van der Waals surface area (Å²) in [5, 5.41) is 6.25. The Kier molecular flexibility index (Phi) is 11.7. The third kappa shape index (κ3) is 10.4. The molecule has 1 aromatic rings. The Bertz CT molecular complexity index is 639. The molecule has 1 unspecified atom stereocenters. The molecule has 0 amide bonds. The molecule has 1 aromatic carbocycles. The van der Waals surface area contributed by atoms with E-state index in [0.717, 1.165) is 23.3 Å². The lowest BCUT2D eigenvalue weighted by molar-refractivity contribution is -0.173. The molecule has 1 aliphatic heterocycles. The van der Waals surface area contributed by atoms with Gasteiger partial charge in [-0.25, -0.2) is 0 Å². The van der Waals surface area contributed by atoms with E-state index in [4.69, 9.17) is 9.47 Å². The second kappa shape index (κ2) is 13.1. The van der Waals surface area contributed by atoms with E-state index >= 15 is 0 Å². The van der Waals surface area contributed by atoms with Gasteiger partial charge in [-0.1, -0.05) is 12.1 Å². The molecule has 6 nitrogen and oxygen atoms in total. The summed E-state index contributed by atoms with van der Waals surface area (Å²) in [6.07, 6.45) is -2.91. The number of aryl methyl sites for hydroxylation is 1. The second-order valence-corrected chi connectivity index (χ2v) is 6.59. The van der Waals surface area contributed by atoms with E-state index in [9.17, 15) is 13.2 Å². The molecule has 29 heavy (non-hydrogen) atoms. The van der Waals surface area contributed by atoms with E-state index in [1.807, 2.05) is 25.1 Å². The van der Waals surface area contributed by atoms with E-state index in [2.05, 4.69) is 20.4 Å². The van der Waals surface area contributed by atoms with Gasteiger partial charge in [-0.2, -0.15) is 13.2 Å². The molecular weight excluding hydrogens is 502 g/mol. The zero-order chi connectivity index (χ0) is 20.4. The zero-order valence-electron chi connectivity index (χ0n) is 16.7. The van der Waals surface area contributed by atoms with Crippen LogP contribution in [-0.2, 0) is 16.0 Å². The summed E-state index contributed by atoms with van der Waals surface area (Å²) in [5.41, 5.74) is 2.10. The van der Waals surface area contributed by atoms with Gasteiger partial charge in [0.2, 0.25) is 0 Å². The summed E-state index contributed by atoms with van der Waals surface area (Å²) in [6.45, 7) is 3.09. The van der Waals surface area contributed by atoms with Crippen molar-refractivity contribution in [3.8, 4) is 5.75 Å². The van der Waals surface area contributed by atoms with Crippen LogP contribution in [0.15, 0.2) is 23.2 Å². The number of hydrogen-bond donors (Lipinski definition) is 2. The number of hydrogen-bond acceptors (Lipinski definition) is 4. The van der Waals surface area contributed by atoms with Crippen molar-refractivity contribution in [2.75, 3.05) is 40.0 Å². The SMILES string of the molecule is CN=C(NCCCOCC(F)(F)F)NCc1ccc(C)cc1OC1CCOC1.I. The second-order valence-electron chi connectivity index (χ2n) is 6.59. The summed E-state index contributed by atoms with van der Waals surface area (Å²) in [5.74, 6) is 1.38. The monoisotopic (exact) mass is 531 g/mol. The number of aliphatic imine (C=N–C) groups is 1. The van der Waals surface area contributed by atoms with Gasteiger partial charge in [-0.3, -0.25) is 4.99 Å². The number of nitrogens with one attached hydrogen (secondary N) is 2. The van der Waals surface area contributed by atoms with Crippen LogP contribution in [0, 0.1) is 6.92 Å². The highest BCUT2D eigenvalue weighted by atomic mass is 127. The van der Waals surface area contributed by atoms with Crippen molar-refractivity contribution in [3.63, 3.8) is 0 Å². The van der Waals surface area contributed by atoms with Crippen molar-refractivity contribution in [2.45, 2.75) is 38.6 Å². The van der Waals surface area contributed by atoms with Crippen LogP contribution in [0.2, 0.25) is 0 Å². The van der Waals surface area contributed by atoms with Crippen molar-refractivity contribution in [2.24, 2.45) is 4.99 Å². The summed E-state index contributed by atoms with van der Waals surface area (Å²) in [4.78, 5) is 4.12. The van der Waals surface area contributed by atoms with Gasteiger partial charge in [0.25, 0.3) is 0 Å². The first-order valence-electron chi connectivity index (χ1n) is 9.30. The number of ether oxygens (including phenoxy) is 3. The largest absolute Gasteiger partial charge is 0.488 e. The van der Waals surface area contributed by atoms with Crippen LogP contribution in [0.5, 0.6) is 5.75 Å². The molecule has 0 radical (unpaired) electrons. The average Bonchev–Trinajstić information content (AvgIpc) is 3.14. The normalized spacial score (nSPS) is 17.0. The first-order chi connectivity index (χ1) is 13.4. The Morgan fingerprint density at radius 1 is 1.31 bits per heavy atom.